The van der Waals surface area contributed by atoms with Gasteiger partial charge in [0.2, 0.25) is 10.0 Å². The topological polar surface area (TPSA) is 109 Å². The lowest BCUT2D eigenvalue weighted by Crippen LogP contribution is -2.52. The van der Waals surface area contributed by atoms with E-state index in [1.54, 1.807) is 26.0 Å². The standard InChI is InChI=1S/C21H30N2O4S/c1-13(2)11-18(20(24)21(25)19(22)14(3)4)23-28(26,27)17-10-9-15-7-5-6-8-16(15)12-17/h5-10,12-14,18-19,21,23,25H,11,22H2,1-4H3/t18-,19-,21?/m0/s1. The molecule has 2 aromatic carbocycles. The number of aliphatic hydroxyl groups excluding tert-OH is 1. The first-order valence-corrected chi connectivity index (χ1v) is 11.0. The van der Waals surface area contributed by atoms with Crippen LogP contribution in [0.5, 0.6) is 0 Å². The van der Waals surface area contributed by atoms with Gasteiger partial charge in [-0.3, -0.25) is 4.79 Å². The van der Waals surface area contributed by atoms with E-state index in [0.717, 1.165) is 10.8 Å². The number of rotatable bonds is 9. The molecule has 0 aromatic heterocycles. The first-order chi connectivity index (χ1) is 13.0. The second kappa shape index (κ2) is 9.13. The average molecular weight is 407 g/mol. The van der Waals surface area contributed by atoms with E-state index in [0.29, 0.717) is 0 Å². The van der Waals surface area contributed by atoms with Crippen molar-refractivity contribution in [2.75, 3.05) is 0 Å². The molecule has 0 bridgehead atoms. The first kappa shape index (κ1) is 22.5. The molecule has 4 N–H and O–H groups in total. The molecular formula is C21H30N2O4S. The van der Waals surface area contributed by atoms with Gasteiger partial charge >= 0.3 is 0 Å². The maximum atomic E-state index is 12.9. The van der Waals surface area contributed by atoms with Crippen molar-refractivity contribution in [1.82, 2.24) is 4.72 Å². The van der Waals surface area contributed by atoms with Crippen LogP contribution in [0, 0.1) is 11.8 Å². The third kappa shape index (κ3) is 5.38. The van der Waals surface area contributed by atoms with Crippen LogP contribution in [-0.2, 0) is 14.8 Å². The fourth-order valence-corrected chi connectivity index (χ4v) is 4.30. The van der Waals surface area contributed by atoms with E-state index in [1.165, 1.54) is 6.07 Å². The Kier molecular flexibility index (Phi) is 7.33. The maximum absolute atomic E-state index is 12.9. The first-order valence-electron chi connectivity index (χ1n) is 9.51. The van der Waals surface area contributed by atoms with E-state index in [1.807, 2.05) is 38.1 Å². The van der Waals surface area contributed by atoms with Gasteiger partial charge < -0.3 is 10.8 Å². The number of benzene rings is 2. The number of Topliss-reactive ketones (excluding diaryl/α,β-unsaturated/α-hetero) is 1. The van der Waals surface area contributed by atoms with Gasteiger partial charge in [-0.15, -0.1) is 0 Å². The van der Waals surface area contributed by atoms with Crippen molar-refractivity contribution in [2.24, 2.45) is 17.6 Å². The normalized spacial score (nSPS) is 15.7. The van der Waals surface area contributed by atoms with Gasteiger partial charge in [-0.05, 0) is 41.2 Å². The van der Waals surface area contributed by atoms with Crippen molar-refractivity contribution in [3.63, 3.8) is 0 Å². The smallest absolute Gasteiger partial charge is 0.241 e. The molecule has 3 atom stereocenters. The Morgan fingerprint density at radius 3 is 2.25 bits per heavy atom. The number of hydrogen-bond acceptors (Lipinski definition) is 5. The molecule has 0 aliphatic heterocycles. The minimum absolute atomic E-state index is 0.0516. The lowest BCUT2D eigenvalue weighted by molar-refractivity contribution is -0.130. The van der Waals surface area contributed by atoms with E-state index in [9.17, 15) is 18.3 Å². The average Bonchev–Trinajstić information content (AvgIpc) is 2.64. The SMILES string of the molecule is CC(C)C[C@H](NS(=O)(=O)c1ccc2ccccc2c1)C(=O)C(O)[C@@H](N)C(C)C. The molecule has 0 saturated heterocycles. The molecule has 7 heteroatoms. The van der Waals surface area contributed by atoms with Gasteiger partial charge in [-0.1, -0.05) is 58.0 Å². The zero-order valence-electron chi connectivity index (χ0n) is 16.8. The molecule has 0 radical (unpaired) electrons. The summed E-state index contributed by atoms with van der Waals surface area (Å²) in [4.78, 5) is 12.9. The van der Waals surface area contributed by atoms with Crippen LogP contribution in [0.25, 0.3) is 10.8 Å². The molecule has 1 unspecified atom stereocenters. The molecule has 154 valence electrons. The lowest BCUT2D eigenvalue weighted by Gasteiger charge is -2.26. The van der Waals surface area contributed by atoms with E-state index >= 15 is 0 Å². The Bertz CT molecular complexity index is 925. The third-order valence-corrected chi connectivity index (χ3v) is 6.27. The summed E-state index contributed by atoms with van der Waals surface area (Å²) in [5, 5.41) is 12.1. The monoisotopic (exact) mass is 406 g/mol. The summed E-state index contributed by atoms with van der Waals surface area (Å²) < 4.78 is 28.3. The molecule has 0 aliphatic carbocycles. The maximum Gasteiger partial charge on any atom is 0.241 e. The quantitative estimate of drug-likeness (QED) is 0.593. The number of ketones is 1. The number of fused-ring (bicyclic) bond motifs is 1. The van der Waals surface area contributed by atoms with Crippen LogP contribution in [0.2, 0.25) is 0 Å². The van der Waals surface area contributed by atoms with Crippen LogP contribution in [0.4, 0.5) is 0 Å². The Morgan fingerprint density at radius 2 is 1.68 bits per heavy atom. The van der Waals surface area contributed by atoms with Gasteiger partial charge in [-0.25, -0.2) is 13.1 Å². The van der Waals surface area contributed by atoms with Crippen LogP contribution < -0.4 is 10.5 Å². The zero-order chi connectivity index (χ0) is 21.1. The molecule has 2 rings (SSSR count). The zero-order valence-corrected chi connectivity index (χ0v) is 17.6. The van der Waals surface area contributed by atoms with Gasteiger partial charge in [0.25, 0.3) is 0 Å². The largest absolute Gasteiger partial charge is 0.384 e. The van der Waals surface area contributed by atoms with Crippen LogP contribution in [0.3, 0.4) is 0 Å². The van der Waals surface area contributed by atoms with E-state index < -0.39 is 34.0 Å². The van der Waals surface area contributed by atoms with Crippen LogP contribution in [0.1, 0.15) is 34.1 Å². The van der Waals surface area contributed by atoms with Crippen molar-refractivity contribution >= 4 is 26.6 Å². The van der Waals surface area contributed by atoms with Gasteiger partial charge in [0.1, 0.15) is 6.10 Å². The van der Waals surface area contributed by atoms with Gasteiger partial charge in [-0.2, -0.15) is 0 Å². The summed E-state index contributed by atoms with van der Waals surface area (Å²) in [6, 6.07) is 10.5. The number of aliphatic hydroxyl groups is 1. The number of sulfonamides is 1. The molecule has 0 fully saturated rings. The van der Waals surface area contributed by atoms with Crippen molar-refractivity contribution in [3.05, 3.63) is 42.5 Å². The molecule has 0 aliphatic rings. The molecule has 28 heavy (non-hydrogen) atoms. The molecule has 0 amide bonds. The number of hydrogen-bond donors (Lipinski definition) is 3. The molecule has 0 spiro atoms. The summed E-state index contributed by atoms with van der Waals surface area (Å²) in [6.07, 6.45) is -1.16. The fourth-order valence-electron chi connectivity index (χ4n) is 3.04. The Hall–Kier alpha value is -1.80. The predicted octanol–water partition coefficient (Wildman–Crippen LogP) is 2.45. The Balaban J connectivity index is 2.32. The van der Waals surface area contributed by atoms with E-state index in [-0.39, 0.29) is 23.2 Å². The van der Waals surface area contributed by atoms with Crippen LogP contribution in [-0.4, -0.2) is 37.5 Å². The summed E-state index contributed by atoms with van der Waals surface area (Å²) in [6.45, 7) is 7.38. The van der Waals surface area contributed by atoms with Gasteiger partial charge in [0, 0.05) is 6.04 Å². The van der Waals surface area contributed by atoms with Gasteiger partial charge in [0.05, 0.1) is 10.9 Å². The molecule has 6 nitrogen and oxygen atoms in total. The van der Waals surface area contributed by atoms with Crippen molar-refractivity contribution < 1.29 is 18.3 Å². The van der Waals surface area contributed by atoms with Crippen LogP contribution >= 0.6 is 0 Å². The van der Waals surface area contributed by atoms with Crippen molar-refractivity contribution in [1.29, 1.82) is 0 Å². The Labute approximate surface area is 167 Å². The molecule has 2 aromatic rings. The highest BCUT2D eigenvalue weighted by atomic mass is 32.2. The van der Waals surface area contributed by atoms with Crippen molar-refractivity contribution in [2.45, 2.75) is 57.2 Å². The highest BCUT2D eigenvalue weighted by molar-refractivity contribution is 7.89. The minimum Gasteiger partial charge on any atom is -0.384 e. The molecule has 0 heterocycles. The second-order valence-electron chi connectivity index (χ2n) is 7.98. The highest BCUT2D eigenvalue weighted by Gasteiger charge is 2.34. The highest BCUT2D eigenvalue weighted by Crippen LogP contribution is 2.20. The number of carbonyl (C=O) groups excluding carboxylic acids is 1. The van der Waals surface area contributed by atoms with Gasteiger partial charge in [0.15, 0.2) is 5.78 Å². The number of nitrogens with one attached hydrogen (secondary N) is 1. The van der Waals surface area contributed by atoms with Crippen molar-refractivity contribution in [3.8, 4) is 0 Å². The summed E-state index contributed by atoms with van der Waals surface area (Å²) in [7, 11) is -3.94. The van der Waals surface area contributed by atoms with E-state index in [2.05, 4.69) is 4.72 Å². The summed E-state index contributed by atoms with van der Waals surface area (Å²) in [5.41, 5.74) is 5.92. The minimum atomic E-state index is -3.94. The predicted molar refractivity (Wildman–Crippen MR) is 111 cm³/mol. The molecule has 0 saturated carbocycles. The third-order valence-electron chi connectivity index (χ3n) is 4.81. The lowest BCUT2D eigenvalue weighted by atomic mass is 9.91. The molecular weight excluding hydrogens is 376 g/mol. The fraction of sp³-hybridized carbons (Fsp3) is 0.476. The van der Waals surface area contributed by atoms with E-state index in [4.69, 9.17) is 5.73 Å². The number of nitrogens with two attached hydrogens (primary N) is 1. The summed E-state index contributed by atoms with van der Waals surface area (Å²) in [5.74, 6) is -0.661. The Morgan fingerprint density at radius 1 is 1.07 bits per heavy atom. The number of carbonyl (C=O) groups is 1. The van der Waals surface area contributed by atoms with Crippen LogP contribution in [0.15, 0.2) is 47.4 Å². The summed E-state index contributed by atoms with van der Waals surface area (Å²) >= 11 is 0. The second-order valence-corrected chi connectivity index (χ2v) is 9.69.